The molecule has 90 valence electrons. The summed E-state index contributed by atoms with van der Waals surface area (Å²) in [5.41, 5.74) is 0.356. The molecule has 0 unspecified atom stereocenters. The van der Waals surface area contributed by atoms with E-state index in [1.807, 2.05) is 30.3 Å². The largest absolute Gasteiger partial charge is 0.465 e. The maximum absolute atomic E-state index is 11.7. The summed E-state index contributed by atoms with van der Waals surface area (Å²) in [5, 5.41) is 0.917. The average molecular weight is 243 g/mol. The average Bonchev–Trinajstić information content (AvgIpc) is 2.74. The molecule has 3 aromatic rings. The van der Waals surface area contributed by atoms with Gasteiger partial charge in [0.25, 0.3) is 0 Å². The van der Waals surface area contributed by atoms with Crippen molar-refractivity contribution in [3.8, 4) is 0 Å². The van der Waals surface area contributed by atoms with E-state index < -0.39 is 11.6 Å². The minimum absolute atomic E-state index is 0.0803. The highest BCUT2D eigenvalue weighted by Gasteiger charge is 2.20. The summed E-state index contributed by atoms with van der Waals surface area (Å²) in [5.74, 6) is -0.693. The fourth-order valence-corrected chi connectivity index (χ4v) is 1.99. The van der Waals surface area contributed by atoms with E-state index in [0.717, 1.165) is 10.9 Å². The van der Waals surface area contributed by atoms with Crippen LogP contribution in [-0.4, -0.2) is 17.7 Å². The minimum atomic E-state index is -0.696. The molecule has 1 aromatic carbocycles. The number of para-hydroxylation sites is 1. The second-order valence-corrected chi connectivity index (χ2v) is 3.82. The molecule has 0 N–H and O–H groups in total. The van der Waals surface area contributed by atoms with Crippen LogP contribution in [-0.2, 0) is 4.74 Å². The number of hydrogen-bond acceptors (Lipinski definition) is 4. The van der Waals surface area contributed by atoms with E-state index in [1.54, 1.807) is 6.07 Å². The van der Waals surface area contributed by atoms with E-state index in [4.69, 9.17) is 4.52 Å². The first-order valence-corrected chi connectivity index (χ1v) is 5.34. The minimum Gasteiger partial charge on any atom is -0.465 e. The monoisotopic (exact) mass is 243 g/mol. The number of benzene rings is 1. The van der Waals surface area contributed by atoms with Gasteiger partial charge >= 0.3 is 11.6 Å². The smallest absolute Gasteiger partial charge is 0.373 e. The van der Waals surface area contributed by atoms with Crippen LogP contribution in [0.1, 0.15) is 10.4 Å². The predicted molar refractivity (Wildman–Crippen MR) is 64.8 cm³/mol. The van der Waals surface area contributed by atoms with Crippen molar-refractivity contribution in [3.63, 3.8) is 0 Å². The van der Waals surface area contributed by atoms with Crippen molar-refractivity contribution >= 4 is 22.4 Å². The van der Waals surface area contributed by atoms with Crippen LogP contribution in [0.4, 0.5) is 0 Å². The van der Waals surface area contributed by atoms with Gasteiger partial charge in [0.15, 0.2) is 5.56 Å². The Kier molecular flexibility index (Phi) is 2.19. The first-order valence-electron chi connectivity index (χ1n) is 5.34. The lowest BCUT2D eigenvalue weighted by Gasteiger charge is -2.00. The number of carbonyl (C=O) groups is 1. The molecule has 0 bridgehead atoms. The van der Waals surface area contributed by atoms with Crippen LogP contribution < -0.4 is 5.63 Å². The Morgan fingerprint density at radius 2 is 1.94 bits per heavy atom. The number of aromatic nitrogens is 1. The van der Waals surface area contributed by atoms with Crippen LogP contribution >= 0.6 is 0 Å². The van der Waals surface area contributed by atoms with Crippen LogP contribution in [0.5, 0.6) is 0 Å². The molecule has 3 rings (SSSR count). The van der Waals surface area contributed by atoms with Gasteiger partial charge < -0.3 is 9.26 Å². The van der Waals surface area contributed by atoms with E-state index in [1.165, 1.54) is 11.7 Å². The summed E-state index contributed by atoms with van der Waals surface area (Å²) in [6, 6.07) is 10.9. The third-order valence-electron chi connectivity index (χ3n) is 2.82. The summed E-state index contributed by atoms with van der Waals surface area (Å²) in [7, 11) is 1.23. The topological polar surface area (TPSA) is 60.9 Å². The lowest BCUT2D eigenvalue weighted by atomic mass is 10.2. The van der Waals surface area contributed by atoms with Crippen LogP contribution in [0.3, 0.4) is 0 Å². The van der Waals surface area contributed by atoms with E-state index in [0.29, 0.717) is 5.52 Å². The Labute approximate surface area is 101 Å². The third kappa shape index (κ3) is 1.34. The van der Waals surface area contributed by atoms with Crippen molar-refractivity contribution in [2.24, 2.45) is 0 Å². The van der Waals surface area contributed by atoms with Crippen molar-refractivity contribution in [1.29, 1.82) is 0 Å². The van der Waals surface area contributed by atoms with Crippen LogP contribution in [0.15, 0.2) is 45.7 Å². The Morgan fingerprint density at radius 1 is 1.17 bits per heavy atom. The molecular weight excluding hydrogens is 234 g/mol. The molecule has 0 aliphatic carbocycles. The molecule has 5 nitrogen and oxygen atoms in total. The lowest BCUT2D eigenvalue weighted by molar-refractivity contribution is 0.0600. The second kappa shape index (κ2) is 3.73. The van der Waals surface area contributed by atoms with Gasteiger partial charge in [0.1, 0.15) is 5.52 Å². The van der Waals surface area contributed by atoms with Gasteiger partial charge in [-0.05, 0) is 12.1 Å². The van der Waals surface area contributed by atoms with Crippen molar-refractivity contribution in [2.75, 3.05) is 7.11 Å². The third-order valence-corrected chi connectivity index (χ3v) is 2.82. The summed E-state index contributed by atoms with van der Waals surface area (Å²) in [6.45, 7) is 0. The van der Waals surface area contributed by atoms with Gasteiger partial charge in [-0.25, -0.2) is 9.59 Å². The zero-order valence-electron chi connectivity index (χ0n) is 9.54. The number of hydrogen-bond donors (Lipinski definition) is 0. The quantitative estimate of drug-likeness (QED) is 0.612. The number of pyridine rings is 1. The molecule has 0 radical (unpaired) electrons. The number of nitrogens with zero attached hydrogens (tertiary/aromatic N) is 1. The molecule has 0 saturated heterocycles. The molecule has 2 heterocycles. The van der Waals surface area contributed by atoms with Gasteiger partial charge in [-0.1, -0.05) is 24.3 Å². The maximum atomic E-state index is 11.7. The van der Waals surface area contributed by atoms with Crippen molar-refractivity contribution in [2.45, 2.75) is 0 Å². The normalized spacial score (nSPS) is 10.9. The number of methoxy groups -OCH3 is 1. The van der Waals surface area contributed by atoms with Gasteiger partial charge in [-0.3, -0.25) is 0 Å². The highest BCUT2D eigenvalue weighted by atomic mass is 16.5. The number of esters is 1. The number of fused-ring (bicyclic) bond motifs is 3. The Balaban J connectivity index is 2.49. The summed E-state index contributed by atoms with van der Waals surface area (Å²) in [4.78, 5) is 23.2. The SMILES string of the molecule is COC(=O)c1c(=O)on2c1ccc1ccccc12. The maximum Gasteiger partial charge on any atom is 0.373 e. The van der Waals surface area contributed by atoms with Gasteiger partial charge in [0.2, 0.25) is 0 Å². The number of carbonyl (C=O) groups excluding carboxylic acids is 1. The Hall–Kier alpha value is -2.56. The van der Waals surface area contributed by atoms with Crippen molar-refractivity contribution in [1.82, 2.24) is 4.57 Å². The molecule has 0 aliphatic rings. The summed E-state index contributed by atoms with van der Waals surface area (Å²) < 4.78 is 11.0. The van der Waals surface area contributed by atoms with Crippen LogP contribution in [0.2, 0.25) is 0 Å². The molecule has 0 atom stereocenters. The fraction of sp³-hybridized carbons (Fsp3) is 0.0769. The molecule has 18 heavy (non-hydrogen) atoms. The van der Waals surface area contributed by atoms with E-state index >= 15 is 0 Å². The zero-order chi connectivity index (χ0) is 12.7. The molecule has 0 aliphatic heterocycles. The zero-order valence-corrected chi connectivity index (χ0v) is 9.54. The molecule has 5 heteroatoms. The predicted octanol–water partition coefficient (Wildman–Crippen LogP) is 1.83. The first kappa shape index (κ1) is 10.6. The summed E-state index contributed by atoms with van der Waals surface area (Å²) >= 11 is 0. The number of rotatable bonds is 1. The molecule has 2 aromatic heterocycles. The molecule has 0 saturated carbocycles. The standard InChI is InChI=1S/C13H9NO4/c1-17-12(15)11-10-7-6-8-4-2-3-5-9(8)14(10)18-13(11)16/h2-7H,1H3. The second-order valence-electron chi connectivity index (χ2n) is 3.82. The molecule has 0 spiro atoms. The fourth-order valence-electron chi connectivity index (χ4n) is 1.99. The summed E-state index contributed by atoms with van der Waals surface area (Å²) in [6.07, 6.45) is 0. The highest BCUT2D eigenvalue weighted by molar-refractivity contribution is 5.98. The van der Waals surface area contributed by atoms with Crippen LogP contribution in [0, 0.1) is 0 Å². The van der Waals surface area contributed by atoms with Gasteiger partial charge in [-0.15, -0.1) is 0 Å². The molecule has 0 amide bonds. The lowest BCUT2D eigenvalue weighted by Crippen LogP contribution is -2.11. The first-order chi connectivity index (χ1) is 8.72. The van der Waals surface area contributed by atoms with Crippen molar-refractivity contribution < 1.29 is 14.1 Å². The highest BCUT2D eigenvalue weighted by Crippen LogP contribution is 2.18. The van der Waals surface area contributed by atoms with Crippen LogP contribution in [0.25, 0.3) is 16.4 Å². The van der Waals surface area contributed by atoms with Crippen molar-refractivity contribution in [3.05, 3.63) is 52.4 Å². The Morgan fingerprint density at radius 3 is 2.72 bits per heavy atom. The van der Waals surface area contributed by atoms with Gasteiger partial charge in [0.05, 0.1) is 12.6 Å². The van der Waals surface area contributed by atoms with E-state index in [9.17, 15) is 9.59 Å². The van der Waals surface area contributed by atoms with E-state index in [-0.39, 0.29) is 5.56 Å². The molecular formula is C13H9NO4. The molecule has 0 fully saturated rings. The van der Waals surface area contributed by atoms with Gasteiger partial charge in [-0.2, -0.15) is 4.57 Å². The number of ether oxygens (including phenoxy) is 1. The van der Waals surface area contributed by atoms with E-state index in [2.05, 4.69) is 4.74 Å². The van der Waals surface area contributed by atoms with Gasteiger partial charge in [0, 0.05) is 5.39 Å². The Bertz CT molecular complexity index is 813.